The van der Waals surface area contributed by atoms with Gasteiger partial charge >= 0.3 is 0 Å². The summed E-state index contributed by atoms with van der Waals surface area (Å²) in [6.07, 6.45) is 13.0. The average Bonchev–Trinajstić information content (AvgIpc) is 2.77. The molecule has 15 heavy (non-hydrogen) atoms. The van der Waals surface area contributed by atoms with Crippen LogP contribution in [-0.2, 0) is 0 Å². The van der Waals surface area contributed by atoms with Crippen molar-refractivity contribution in [2.75, 3.05) is 6.54 Å². The smallest absolute Gasteiger partial charge is 0.0689 e. The molecule has 0 bridgehead atoms. The Balaban J connectivity index is 2.40. The van der Waals surface area contributed by atoms with Gasteiger partial charge in [0.15, 0.2) is 0 Å². The van der Waals surface area contributed by atoms with Crippen molar-refractivity contribution in [3.63, 3.8) is 0 Å². The minimum atomic E-state index is 0.212. The fraction of sp³-hybridized carbons (Fsp3) is 0.846. The van der Waals surface area contributed by atoms with Gasteiger partial charge in [0, 0.05) is 12.6 Å². The van der Waals surface area contributed by atoms with Crippen molar-refractivity contribution < 1.29 is 0 Å². The van der Waals surface area contributed by atoms with Crippen LogP contribution in [0, 0.1) is 18.3 Å². The van der Waals surface area contributed by atoms with Crippen molar-refractivity contribution in [3.8, 4) is 12.3 Å². The monoisotopic (exact) mass is 208 g/mol. The summed E-state index contributed by atoms with van der Waals surface area (Å²) in [7, 11) is 0. The molecule has 1 aliphatic rings. The standard InChI is InChI=1S/C13H24N2/c1-3-7-12(4-2)15-13(10-14)11-8-5-6-9-11/h2,11-13,15H,3,5-10,14H2,1H3. The Bertz CT molecular complexity index is 201. The first-order valence-corrected chi connectivity index (χ1v) is 6.24. The molecule has 0 heterocycles. The van der Waals surface area contributed by atoms with Crippen molar-refractivity contribution in [2.24, 2.45) is 11.7 Å². The van der Waals surface area contributed by atoms with Gasteiger partial charge in [-0.25, -0.2) is 0 Å². The normalized spacial score (nSPS) is 21.1. The lowest BCUT2D eigenvalue weighted by Gasteiger charge is -2.26. The third-order valence-electron chi connectivity index (χ3n) is 3.42. The van der Waals surface area contributed by atoms with Crippen molar-refractivity contribution in [1.29, 1.82) is 0 Å². The van der Waals surface area contributed by atoms with Gasteiger partial charge in [-0.3, -0.25) is 5.32 Å². The fourth-order valence-electron chi connectivity index (χ4n) is 2.52. The maximum atomic E-state index is 5.82. The maximum Gasteiger partial charge on any atom is 0.0689 e. The summed E-state index contributed by atoms with van der Waals surface area (Å²) in [4.78, 5) is 0. The molecule has 0 spiro atoms. The van der Waals surface area contributed by atoms with Crippen LogP contribution in [0.25, 0.3) is 0 Å². The molecule has 2 unspecified atom stereocenters. The third-order valence-corrected chi connectivity index (χ3v) is 3.42. The van der Waals surface area contributed by atoms with Crippen molar-refractivity contribution in [2.45, 2.75) is 57.5 Å². The lowest BCUT2D eigenvalue weighted by Crippen LogP contribution is -2.46. The molecule has 2 nitrogen and oxygen atoms in total. The van der Waals surface area contributed by atoms with Gasteiger partial charge in [0.05, 0.1) is 6.04 Å². The van der Waals surface area contributed by atoms with E-state index in [9.17, 15) is 0 Å². The van der Waals surface area contributed by atoms with Crippen LogP contribution < -0.4 is 11.1 Å². The van der Waals surface area contributed by atoms with Crippen LogP contribution in [-0.4, -0.2) is 18.6 Å². The van der Waals surface area contributed by atoms with Crippen LogP contribution >= 0.6 is 0 Å². The Kier molecular flexibility index (Phi) is 5.75. The quantitative estimate of drug-likeness (QED) is 0.654. The predicted molar refractivity (Wildman–Crippen MR) is 65.5 cm³/mol. The molecule has 0 radical (unpaired) electrons. The van der Waals surface area contributed by atoms with Gasteiger partial charge in [-0.15, -0.1) is 6.42 Å². The summed E-state index contributed by atoms with van der Waals surface area (Å²) in [5.41, 5.74) is 5.82. The highest BCUT2D eigenvalue weighted by Crippen LogP contribution is 2.27. The van der Waals surface area contributed by atoms with Crippen molar-refractivity contribution in [3.05, 3.63) is 0 Å². The fourth-order valence-corrected chi connectivity index (χ4v) is 2.52. The molecule has 0 saturated heterocycles. The topological polar surface area (TPSA) is 38.0 Å². The first-order valence-electron chi connectivity index (χ1n) is 6.24. The molecule has 1 rings (SSSR count). The molecule has 0 aliphatic heterocycles. The summed E-state index contributed by atoms with van der Waals surface area (Å²) in [6.45, 7) is 2.88. The lowest BCUT2D eigenvalue weighted by atomic mass is 9.97. The second-order valence-electron chi connectivity index (χ2n) is 4.56. The highest BCUT2D eigenvalue weighted by Gasteiger charge is 2.24. The molecular formula is C13H24N2. The zero-order chi connectivity index (χ0) is 11.1. The van der Waals surface area contributed by atoms with E-state index in [0.717, 1.165) is 18.8 Å². The summed E-state index contributed by atoms with van der Waals surface area (Å²) >= 11 is 0. The number of hydrogen-bond acceptors (Lipinski definition) is 2. The third kappa shape index (κ3) is 3.85. The Morgan fingerprint density at radius 3 is 2.60 bits per heavy atom. The molecule has 2 heteroatoms. The van der Waals surface area contributed by atoms with Gasteiger partial charge < -0.3 is 5.73 Å². The zero-order valence-electron chi connectivity index (χ0n) is 9.84. The number of hydrogen-bond donors (Lipinski definition) is 2. The number of nitrogens with one attached hydrogen (secondary N) is 1. The van der Waals surface area contributed by atoms with E-state index in [1.54, 1.807) is 0 Å². The lowest BCUT2D eigenvalue weighted by molar-refractivity contribution is 0.342. The van der Waals surface area contributed by atoms with E-state index in [4.69, 9.17) is 12.2 Å². The summed E-state index contributed by atoms with van der Waals surface area (Å²) in [5, 5.41) is 3.54. The Labute approximate surface area is 94.0 Å². The highest BCUT2D eigenvalue weighted by atomic mass is 15.0. The Morgan fingerprint density at radius 2 is 2.13 bits per heavy atom. The van der Waals surface area contributed by atoms with E-state index in [1.807, 2.05) is 0 Å². The Morgan fingerprint density at radius 1 is 1.47 bits per heavy atom. The van der Waals surface area contributed by atoms with Crippen LogP contribution in [0.15, 0.2) is 0 Å². The van der Waals surface area contributed by atoms with Crippen LogP contribution in [0.5, 0.6) is 0 Å². The van der Waals surface area contributed by atoms with Crippen molar-refractivity contribution in [1.82, 2.24) is 5.32 Å². The molecule has 2 atom stereocenters. The van der Waals surface area contributed by atoms with E-state index < -0.39 is 0 Å². The second kappa shape index (κ2) is 6.87. The number of rotatable bonds is 6. The van der Waals surface area contributed by atoms with Crippen molar-refractivity contribution >= 4 is 0 Å². The van der Waals surface area contributed by atoms with Gasteiger partial charge in [0.25, 0.3) is 0 Å². The van der Waals surface area contributed by atoms with Crippen LogP contribution in [0.3, 0.4) is 0 Å². The second-order valence-corrected chi connectivity index (χ2v) is 4.56. The van der Waals surface area contributed by atoms with Crippen LogP contribution in [0.1, 0.15) is 45.4 Å². The number of nitrogens with two attached hydrogens (primary N) is 1. The minimum Gasteiger partial charge on any atom is -0.329 e. The van der Waals surface area contributed by atoms with Gasteiger partial charge in [-0.05, 0) is 25.2 Å². The molecule has 86 valence electrons. The zero-order valence-corrected chi connectivity index (χ0v) is 9.84. The first kappa shape index (κ1) is 12.5. The van der Waals surface area contributed by atoms with Crippen LogP contribution in [0.4, 0.5) is 0 Å². The average molecular weight is 208 g/mol. The molecule has 0 aromatic carbocycles. The number of terminal acetylenes is 1. The molecule has 3 N–H and O–H groups in total. The van der Waals surface area contributed by atoms with Crippen LogP contribution in [0.2, 0.25) is 0 Å². The SMILES string of the molecule is C#CC(CCC)NC(CN)C1CCCC1. The van der Waals surface area contributed by atoms with E-state index in [0.29, 0.717) is 12.6 Å². The molecular weight excluding hydrogens is 184 g/mol. The van der Waals surface area contributed by atoms with Gasteiger partial charge in [-0.2, -0.15) is 0 Å². The summed E-state index contributed by atoms with van der Waals surface area (Å²) in [6, 6.07) is 0.643. The molecule has 1 saturated carbocycles. The predicted octanol–water partition coefficient (Wildman–Crippen LogP) is 1.90. The van der Waals surface area contributed by atoms with E-state index >= 15 is 0 Å². The summed E-state index contributed by atoms with van der Waals surface area (Å²) in [5.74, 6) is 3.58. The van der Waals surface area contributed by atoms with E-state index in [-0.39, 0.29) is 6.04 Å². The minimum absolute atomic E-state index is 0.212. The Hall–Kier alpha value is -0.520. The van der Waals surface area contributed by atoms with Gasteiger partial charge in [-0.1, -0.05) is 32.1 Å². The maximum absolute atomic E-state index is 5.82. The highest BCUT2D eigenvalue weighted by molar-refractivity contribution is 5.00. The van der Waals surface area contributed by atoms with E-state index in [1.165, 1.54) is 25.7 Å². The molecule has 0 amide bonds. The first-order chi connectivity index (χ1) is 7.31. The molecule has 0 aromatic heterocycles. The van der Waals surface area contributed by atoms with Gasteiger partial charge in [0.2, 0.25) is 0 Å². The molecule has 0 aromatic rings. The molecule has 1 fully saturated rings. The molecule has 1 aliphatic carbocycles. The van der Waals surface area contributed by atoms with E-state index in [2.05, 4.69) is 18.2 Å². The summed E-state index contributed by atoms with van der Waals surface area (Å²) < 4.78 is 0. The van der Waals surface area contributed by atoms with Gasteiger partial charge in [0.1, 0.15) is 0 Å². The largest absolute Gasteiger partial charge is 0.329 e.